The second-order valence-electron chi connectivity index (χ2n) is 9.36. The number of benzene rings is 2. The predicted octanol–water partition coefficient (Wildman–Crippen LogP) is 4.41. The highest BCUT2D eigenvalue weighted by Gasteiger charge is 2.50. The smallest absolute Gasteiger partial charge is 0.408 e. The van der Waals surface area contributed by atoms with Crippen LogP contribution in [0.4, 0.5) is 4.79 Å². The van der Waals surface area contributed by atoms with Gasteiger partial charge in [-0.15, -0.1) is 0 Å². The van der Waals surface area contributed by atoms with Gasteiger partial charge in [0, 0.05) is 19.0 Å². The van der Waals surface area contributed by atoms with E-state index >= 15 is 0 Å². The molecule has 0 radical (unpaired) electrons. The number of fused-ring (bicyclic) bond motifs is 3. The van der Waals surface area contributed by atoms with Gasteiger partial charge in [-0.25, -0.2) is 4.79 Å². The number of hydrogen-bond donors (Lipinski definition) is 2. The molecular formula is C27H32N2O5. The van der Waals surface area contributed by atoms with Gasteiger partial charge in [0.05, 0.1) is 6.42 Å². The van der Waals surface area contributed by atoms with Gasteiger partial charge in [-0.1, -0.05) is 55.5 Å². The number of amides is 2. The van der Waals surface area contributed by atoms with Crippen molar-refractivity contribution in [3.8, 4) is 11.1 Å². The molecule has 7 nitrogen and oxygen atoms in total. The highest BCUT2D eigenvalue weighted by molar-refractivity contribution is 5.90. The fourth-order valence-corrected chi connectivity index (χ4v) is 4.98. The Morgan fingerprint density at radius 2 is 1.62 bits per heavy atom. The number of carbonyl (C=O) groups excluding carboxylic acids is 2. The van der Waals surface area contributed by atoms with Gasteiger partial charge in [-0.3, -0.25) is 9.59 Å². The van der Waals surface area contributed by atoms with Gasteiger partial charge in [0.15, 0.2) is 0 Å². The zero-order valence-electron chi connectivity index (χ0n) is 19.8. The summed E-state index contributed by atoms with van der Waals surface area (Å²) in [4.78, 5) is 39.0. The fraction of sp³-hybridized carbons (Fsp3) is 0.444. The largest absolute Gasteiger partial charge is 0.481 e. The highest BCUT2D eigenvalue weighted by Crippen LogP contribution is 2.45. The summed E-state index contributed by atoms with van der Waals surface area (Å²) >= 11 is 0. The van der Waals surface area contributed by atoms with Crippen LogP contribution in [0.3, 0.4) is 0 Å². The van der Waals surface area contributed by atoms with Crippen LogP contribution in [0.1, 0.15) is 56.6 Å². The summed E-state index contributed by atoms with van der Waals surface area (Å²) in [5, 5.41) is 11.9. The molecule has 180 valence electrons. The predicted molar refractivity (Wildman–Crippen MR) is 128 cm³/mol. The van der Waals surface area contributed by atoms with E-state index in [1.807, 2.05) is 31.2 Å². The van der Waals surface area contributed by atoms with Crippen LogP contribution >= 0.6 is 0 Å². The summed E-state index contributed by atoms with van der Waals surface area (Å²) in [6.45, 7) is 4.41. The molecule has 0 heterocycles. The molecule has 0 spiro atoms. The first-order valence-electron chi connectivity index (χ1n) is 12.0. The van der Waals surface area contributed by atoms with E-state index < -0.39 is 17.6 Å². The lowest BCUT2D eigenvalue weighted by Crippen LogP contribution is -2.59. The normalized spacial score (nSPS) is 16.2. The van der Waals surface area contributed by atoms with E-state index in [1.165, 1.54) is 0 Å². The highest BCUT2D eigenvalue weighted by atomic mass is 16.5. The lowest BCUT2D eigenvalue weighted by Gasteiger charge is -2.35. The van der Waals surface area contributed by atoms with Crippen LogP contribution in [-0.2, 0) is 14.3 Å². The maximum atomic E-state index is 13.4. The third kappa shape index (κ3) is 4.79. The molecule has 2 aromatic carbocycles. The number of aliphatic carboxylic acids is 1. The molecule has 1 atom stereocenters. The van der Waals surface area contributed by atoms with Crippen LogP contribution in [0.15, 0.2) is 48.5 Å². The Labute approximate surface area is 200 Å². The topological polar surface area (TPSA) is 95.9 Å². The van der Waals surface area contributed by atoms with E-state index in [2.05, 4.69) is 29.6 Å². The van der Waals surface area contributed by atoms with E-state index in [0.29, 0.717) is 13.0 Å². The number of alkyl carbamates (subject to hydrolysis) is 1. The number of hydrogen-bond acceptors (Lipinski definition) is 4. The van der Waals surface area contributed by atoms with Crippen molar-refractivity contribution in [2.45, 2.75) is 51.0 Å². The summed E-state index contributed by atoms with van der Waals surface area (Å²) in [5.74, 6) is -1.24. The maximum absolute atomic E-state index is 13.4. The molecule has 0 aromatic heterocycles. The van der Waals surface area contributed by atoms with E-state index in [9.17, 15) is 14.4 Å². The number of rotatable bonds is 10. The van der Waals surface area contributed by atoms with E-state index in [1.54, 1.807) is 11.8 Å². The van der Waals surface area contributed by atoms with Crippen molar-refractivity contribution >= 4 is 18.0 Å². The van der Waals surface area contributed by atoms with Gasteiger partial charge in [-0.2, -0.15) is 0 Å². The average molecular weight is 465 g/mol. The molecule has 0 saturated heterocycles. The number of carboxylic acid groups (broad SMARTS) is 1. The Balaban J connectivity index is 1.46. The molecule has 0 bridgehead atoms. The van der Waals surface area contributed by atoms with Crippen molar-refractivity contribution in [1.82, 2.24) is 10.2 Å². The summed E-state index contributed by atoms with van der Waals surface area (Å²) < 4.78 is 5.69. The first-order chi connectivity index (χ1) is 16.3. The van der Waals surface area contributed by atoms with Gasteiger partial charge >= 0.3 is 12.1 Å². The lowest BCUT2D eigenvalue weighted by atomic mass is 9.93. The Kier molecular flexibility index (Phi) is 6.91. The molecule has 0 aliphatic heterocycles. The van der Waals surface area contributed by atoms with Crippen LogP contribution < -0.4 is 5.32 Å². The van der Waals surface area contributed by atoms with Gasteiger partial charge in [-0.05, 0) is 54.4 Å². The Hall–Kier alpha value is -3.35. The van der Waals surface area contributed by atoms with E-state index in [4.69, 9.17) is 9.84 Å². The average Bonchev–Trinajstić information content (AvgIpc) is 3.64. The quantitative estimate of drug-likeness (QED) is 0.543. The van der Waals surface area contributed by atoms with Crippen molar-refractivity contribution in [2.24, 2.45) is 5.92 Å². The molecule has 1 saturated carbocycles. The molecule has 1 fully saturated rings. The van der Waals surface area contributed by atoms with Gasteiger partial charge < -0.3 is 20.1 Å². The molecule has 2 aromatic rings. The molecule has 2 aliphatic rings. The van der Waals surface area contributed by atoms with Gasteiger partial charge in [0.25, 0.3) is 0 Å². The van der Waals surface area contributed by atoms with Crippen LogP contribution in [-0.4, -0.2) is 53.2 Å². The Morgan fingerprint density at radius 1 is 1.03 bits per heavy atom. The summed E-state index contributed by atoms with van der Waals surface area (Å²) in [7, 11) is 0. The molecular weight excluding hydrogens is 432 g/mol. The Bertz CT molecular complexity index is 1030. The SMILES string of the molecule is CCCN(CCC(=O)O)C(=O)C(C)(NC(=O)OCC1c2ccccc2-c2ccccc21)C1CC1. The van der Waals surface area contributed by atoms with Gasteiger partial charge in [0.2, 0.25) is 5.91 Å². The minimum Gasteiger partial charge on any atom is -0.481 e. The zero-order chi connectivity index (χ0) is 24.3. The van der Waals surface area contributed by atoms with Crippen molar-refractivity contribution in [3.05, 3.63) is 59.7 Å². The third-order valence-electron chi connectivity index (χ3n) is 6.92. The first kappa shape index (κ1) is 23.8. The number of carbonyl (C=O) groups is 3. The zero-order valence-corrected chi connectivity index (χ0v) is 19.8. The van der Waals surface area contributed by atoms with Crippen LogP contribution in [0, 0.1) is 5.92 Å². The van der Waals surface area contributed by atoms with E-state index in [0.717, 1.165) is 35.1 Å². The molecule has 7 heteroatoms. The second kappa shape index (κ2) is 9.87. The van der Waals surface area contributed by atoms with Crippen LogP contribution in [0.25, 0.3) is 11.1 Å². The minimum atomic E-state index is -1.11. The third-order valence-corrected chi connectivity index (χ3v) is 6.92. The minimum absolute atomic E-state index is 0.0182. The van der Waals surface area contributed by atoms with Crippen LogP contribution in [0.2, 0.25) is 0 Å². The number of carboxylic acids is 1. The van der Waals surface area contributed by atoms with Gasteiger partial charge in [0.1, 0.15) is 12.1 Å². The van der Waals surface area contributed by atoms with Crippen LogP contribution in [0.5, 0.6) is 0 Å². The number of ether oxygens (including phenoxy) is 1. The second-order valence-corrected chi connectivity index (χ2v) is 9.36. The monoisotopic (exact) mass is 464 g/mol. The number of nitrogens with zero attached hydrogens (tertiary/aromatic N) is 1. The molecule has 1 unspecified atom stereocenters. The lowest BCUT2D eigenvalue weighted by molar-refractivity contribution is -0.141. The summed E-state index contributed by atoms with van der Waals surface area (Å²) in [6.07, 6.45) is 1.63. The molecule has 2 aliphatic carbocycles. The van der Waals surface area contributed by atoms with Crippen molar-refractivity contribution in [2.75, 3.05) is 19.7 Å². The summed E-state index contributed by atoms with van der Waals surface area (Å²) in [5.41, 5.74) is 3.44. The molecule has 2 amide bonds. The fourth-order valence-electron chi connectivity index (χ4n) is 4.98. The van der Waals surface area contributed by atoms with Crippen molar-refractivity contribution < 1.29 is 24.2 Å². The van der Waals surface area contributed by atoms with Crippen molar-refractivity contribution in [3.63, 3.8) is 0 Å². The molecule has 34 heavy (non-hydrogen) atoms. The van der Waals surface area contributed by atoms with Crippen molar-refractivity contribution in [1.29, 1.82) is 0 Å². The molecule has 4 rings (SSSR count). The summed E-state index contributed by atoms with van der Waals surface area (Å²) in [6, 6.07) is 16.3. The maximum Gasteiger partial charge on any atom is 0.408 e. The standard InChI is InChI=1S/C27H32N2O5/c1-3-15-29(16-14-24(30)31)25(32)27(2,18-12-13-18)28-26(33)34-17-23-21-10-6-4-8-19(21)20-9-5-7-11-22(20)23/h4-11,18,23H,3,12-17H2,1-2H3,(H,28,33)(H,30,31). The van der Waals surface area contributed by atoms with E-state index in [-0.39, 0.29) is 37.3 Å². The molecule has 2 N–H and O–H groups in total. The first-order valence-corrected chi connectivity index (χ1v) is 12.0. The number of nitrogens with one attached hydrogen (secondary N) is 1. The Morgan fingerprint density at radius 3 is 2.15 bits per heavy atom.